The van der Waals surface area contributed by atoms with E-state index >= 15 is 0 Å². The first-order chi connectivity index (χ1) is 8.54. The molecule has 2 aromatic rings. The molecule has 0 saturated carbocycles. The van der Waals surface area contributed by atoms with Crippen molar-refractivity contribution in [3.63, 3.8) is 0 Å². The molecule has 2 aromatic heterocycles. The van der Waals surface area contributed by atoms with E-state index in [1.807, 2.05) is 24.4 Å². The summed E-state index contributed by atoms with van der Waals surface area (Å²) in [6.07, 6.45) is 0. The van der Waals surface area contributed by atoms with Gasteiger partial charge < -0.3 is 5.32 Å². The Balaban J connectivity index is 1.87. The Morgan fingerprint density at radius 3 is 2.89 bits per heavy atom. The van der Waals surface area contributed by atoms with Crippen molar-refractivity contribution in [3.05, 3.63) is 32.6 Å². The van der Waals surface area contributed by atoms with Crippen LogP contribution in [0.1, 0.15) is 10.6 Å². The summed E-state index contributed by atoms with van der Waals surface area (Å²) < 4.78 is 2.67. The van der Waals surface area contributed by atoms with Gasteiger partial charge in [-0.05, 0) is 28.9 Å². The molecule has 2 rings (SSSR count). The van der Waals surface area contributed by atoms with Crippen LogP contribution in [-0.2, 0) is 13.6 Å². The molecule has 5 nitrogen and oxygen atoms in total. The van der Waals surface area contributed by atoms with Crippen molar-refractivity contribution in [2.24, 2.45) is 7.05 Å². The molecule has 96 valence electrons. The summed E-state index contributed by atoms with van der Waals surface area (Å²) in [4.78, 5) is 12.8. The van der Waals surface area contributed by atoms with Crippen LogP contribution < -0.4 is 10.6 Å². The minimum atomic E-state index is -0.234. The lowest BCUT2D eigenvalue weighted by atomic mass is 10.4. The third kappa shape index (κ3) is 3.33. The zero-order valence-electron chi connectivity index (χ0n) is 10.0. The van der Waals surface area contributed by atoms with Gasteiger partial charge in [-0.25, -0.2) is 4.79 Å². The van der Waals surface area contributed by atoms with Gasteiger partial charge in [0.2, 0.25) is 0 Å². The van der Waals surface area contributed by atoms with Crippen LogP contribution in [0.25, 0.3) is 0 Å². The summed E-state index contributed by atoms with van der Waals surface area (Å²) in [7, 11) is 1.79. The third-order valence-electron chi connectivity index (χ3n) is 2.29. The van der Waals surface area contributed by atoms with Gasteiger partial charge in [0.05, 0.1) is 12.2 Å². The van der Waals surface area contributed by atoms with Crippen LogP contribution in [0.4, 0.5) is 10.6 Å². The van der Waals surface area contributed by atoms with Crippen LogP contribution in [0.3, 0.4) is 0 Å². The number of hydrogen-bond acceptors (Lipinski definition) is 3. The van der Waals surface area contributed by atoms with E-state index in [9.17, 15) is 4.79 Å². The summed E-state index contributed by atoms with van der Waals surface area (Å²) in [6.45, 7) is 2.39. The van der Waals surface area contributed by atoms with Crippen molar-refractivity contribution in [2.45, 2.75) is 13.5 Å². The maximum absolute atomic E-state index is 11.7. The normalized spacial score (nSPS) is 10.4. The van der Waals surface area contributed by atoms with Crippen LogP contribution in [0.5, 0.6) is 0 Å². The predicted molar refractivity (Wildman–Crippen MR) is 75.8 cm³/mol. The van der Waals surface area contributed by atoms with E-state index in [1.165, 1.54) is 0 Å². The number of carbonyl (C=O) groups is 1. The monoisotopic (exact) mass is 328 g/mol. The molecule has 0 atom stereocenters. The zero-order chi connectivity index (χ0) is 13.1. The number of halogens is 1. The summed E-state index contributed by atoms with van der Waals surface area (Å²) >= 11 is 4.97. The summed E-state index contributed by atoms with van der Waals surface area (Å²) in [5.74, 6) is 0.678. The fourth-order valence-electron chi connectivity index (χ4n) is 1.50. The van der Waals surface area contributed by atoms with Crippen molar-refractivity contribution in [1.29, 1.82) is 0 Å². The average Bonchev–Trinajstić information content (AvgIpc) is 2.83. The first-order valence-corrected chi connectivity index (χ1v) is 7.00. The number of carbonyl (C=O) groups excluding carboxylic acids is 1. The van der Waals surface area contributed by atoms with Crippen molar-refractivity contribution >= 4 is 39.1 Å². The average molecular weight is 329 g/mol. The van der Waals surface area contributed by atoms with Crippen molar-refractivity contribution < 1.29 is 4.79 Å². The number of nitrogens with zero attached hydrogens (tertiary/aromatic N) is 2. The Kier molecular flexibility index (Phi) is 4.03. The minimum absolute atomic E-state index is 0.234. The summed E-state index contributed by atoms with van der Waals surface area (Å²) in [6, 6.07) is 3.57. The number of amides is 2. The quantitative estimate of drug-likeness (QED) is 0.910. The van der Waals surface area contributed by atoms with E-state index in [4.69, 9.17) is 0 Å². The van der Waals surface area contributed by atoms with Crippen LogP contribution in [0.2, 0.25) is 0 Å². The van der Waals surface area contributed by atoms with Gasteiger partial charge in [0.1, 0.15) is 5.82 Å². The SMILES string of the molecule is Cc1cc(NC(=O)NCc2cc(Br)cs2)n(C)n1. The van der Waals surface area contributed by atoms with Crippen molar-refractivity contribution in [2.75, 3.05) is 5.32 Å². The lowest BCUT2D eigenvalue weighted by Crippen LogP contribution is -2.28. The first kappa shape index (κ1) is 13.1. The molecule has 0 aliphatic rings. The summed E-state index contributed by atoms with van der Waals surface area (Å²) in [5.41, 5.74) is 0.870. The molecule has 7 heteroatoms. The molecule has 0 radical (unpaired) electrons. The molecule has 0 aliphatic carbocycles. The van der Waals surface area contributed by atoms with Crippen LogP contribution in [-0.4, -0.2) is 15.8 Å². The number of thiophene rings is 1. The van der Waals surface area contributed by atoms with Crippen molar-refractivity contribution in [1.82, 2.24) is 15.1 Å². The molecule has 2 amide bonds. The second-order valence-electron chi connectivity index (χ2n) is 3.83. The molecular formula is C11H13BrN4OS. The molecule has 2 heterocycles. The Hall–Kier alpha value is -1.34. The Bertz CT molecular complexity index is 563. The topological polar surface area (TPSA) is 59.0 Å². The second kappa shape index (κ2) is 5.53. The molecule has 0 aromatic carbocycles. The highest BCUT2D eigenvalue weighted by Gasteiger charge is 2.06. The fourth-order valence-corrected chi connectivity index (χ4v) is 2.89. The van der Waals surface area contributed by atoms with E-state index in [2.05, 4.69) is 31.7 Å². The number of aryl methyl sites for hydroxylation is 2. The zero-order valence-corrected chi connectivity index (χ0v) is 12.4. The second-order valence-corrected chi connectivity index (χ2v) is 5.74. The highest BCUT2D eigenvalue weighted by atomic mass is 79.9. The largest absolute Gasteiger partial charge is 0.333 e. The van der Waals surface area contributed by atoms with E-state index in [1.54, 1.807) is 23.1 Å². The van der Waals surface area contributed by atoms with Gasteiger partial charge in [0.15, 0.2) is 0 Å². The lowest BCUT2D eigenvalue weighted by Gasteiger charge is -2.06. The van der Waals surface area contributed by atoms with Crippen molar-refractivity contribution in [3.8, 4) is 0 Å². The van der Waals surface area contributed by atoms with Gasteiger partial charge in [0, 0.05) is 27.8 Å². The number of urea groups is 1. The van der Waals surface area contributed by atoms with Gasteiger partial charge in [-0.3, -0.25) is 10.00 Å². The fraction of sp³-hybridized carbons (Fsp3) is 0.273. The number of rotatable bonds is 3. The lowest BCUT2D eigenvalue weighted by molar-refractivity contribution is 0.251. The van der Waals surface area contributed by atoms with E-state index in [-0.39, 0.29) is 6.03 Å². The standard InChI is InChI=1S/C11H13BrN4OS/c1-7-3-10(16(2)15-7)14-11(17)13-5-9-4-8(12)6-18-9/h3-4,6H,5H2,1-2H3,(H2,13,14,17). The van der Waals surface area contributed by atoms with Gasteiger partial charge >= 0.3 is 6.03 Å². The Labute approximate surface area is 117 Å². The predicted octanol–water partition coefficient (Wildman–Crippen LogP) is 2.87. The van der Waals surface area contributed by atoms with Gasteiger partial charge in [-0.1, -0.05) is 0 Å². The maximum atomic E-state index is 11.7. The number of hydrogen-bond donors (Lipinski definition) is 2. The van der Waals surface area contributed by atoms with E-state index < -0.39 is 0 Å². The smallest absolute Gasteiger partial charge is 0.320 e. The highest BCUT2D eigenvalue weighted by Crippen LogP contribution is 2.19. The molecular weight excluding hydrogens is 316 g/mol. The van der Waals surface area contributed by atoms with Gasteiger partial charge in [-0.2, -0.15) is 5.10 Å². The van der Waals surface area contributed by atoms with Crippen LogP contribution in [0.15, 0.2) is 22.0 Å². The molecule has 0 spiro atoms. The molecule has 0 bridgehead atoms. The van der Waals surface area contributed by atoms with Crippen LogP contribution >= 0.6 is 27.3 Å². The molecule has 0 unspecified atom stereocenters. The Morgan fingerprint density at radius 2 is 2.33 bits per heavy atom. The summed E-state index contributed by atoms with van der Waals surface area (Å²) in [5, 5.41) is 11.7. The van der Waals surface area contributed by atoms with Crippen LogP contribution in [0, 0.1) is 6.92 Å². The first-order valence-electron chi connectivity index (χ1n) is 5.33. The Morgan fingerprint density at radius 1 is 1.56 bits per heavy atom. The molecule has 0 saturated heterocycles. The maximum Gasteiger partial charge on any atom is 0.320 e. The molecule has 0 fully saturated rings. The molecule has 2 N–H and O–H groups in total. The van der Waals surface area contributed by atoms with Gasteiger partial charge in [-0.15, -0.1) is 11.3 Å². The highest BCUT2D eigenvalue weighted by molar-refractivity contribution is 9.10. The molecule has 0 aliphatic heterocycles. The molecule has 18 heavy (non-hydrogen) atoms. The van der Waals surface area contributed by atoms with E-state index in [0.717, 1.165) is 15.0 Å². The number of aromatic nitrogens is 2. The number of nitrogens with one attached hydrogen (secondary N) is 2. The van der Waals surface area contributed by atoms with Gasteiger partial charge in [0.25, 0.3) is 0 Å². The third-order valence-corrected chi connectivity index (χ3v) is 3.99. The minimum Gasteiger partial charge on any atom is -0.333 e. The van der Waals surface area contributed by atoms with E-state index in [0.29, 0.717) is 12.4 Å². The number of anilines is 1.